The molecule has 3 heterocycles. The lowest BCUT2D eigenvalue weighted by molar-refractivity contribution is -0.131. The van der Waals surface area contributed by atoms with Crippen LogP contribution in [-0.2, 0) is 11.2 Å². The van der Waals surface area contributed by atoms with E-state index in [0.29, 0.717) is 23.7 Å². The van der Waals surface area contributed by atoms with E-state index in [0.717, 1.165) is 29.4 Å². The Labute approximate surface area is 178 Å². The predicted octanol–water partition coefficient (Wildman–Crippen LogP) is 4.97. The van der Waals surface area contributed by atoms with Crippen molar-refractivity contribution in [3.63, 3.8) is 0 Å². The Kier molecular flexibility index (Phi) is 5.79. The summed E-state index contributed by atoms with van der Waals surface area (Å²) in [5.41, 5.74) is 3.00. The zero-order valence-electron chi connectivity index (χ0n) is 15.5. The van der Waals surface area contributed by atoms with Crippen LogP contribution in [0.3, 0.4) is 0 Å². The summed E-state index contributed by atoms with van der Waals surface area (Å²) in [6, 6.07) is 12.0. The number of rotatable bonds is 4. The highest BCUT2D eigenvalue weighted by atomic mass is 35.5. The molecule has 0 spiro atoms. The molecule has 4 rings (SSSR count). The summed E-state index contributed by atoms with van der Waals surface area (Å²) in [6.07, 6.45) is 1.32. The Hall–Kier alpha value is -1.78. The first-order chi connectivity index (χ1) is 13.6. The van der Waals surface area contributed by atoms with Crippen LogP contribution in [0, 0.1) is 18.3 Å². The van der Waals surface area contributed by atoms with E-state index in [1.165, 1.54) is 10.4 Å². The van der Waals surface area contributed by atoms with E-state index in [1.54, 1.807) is 28.0 Å². The standard InChI is InChI=1S/C21H20ClN3OS2/c1-14-7-9-27-19(14)6-8-24-12-25-20(26)10-17(15-2-4-16(22)5-3-15)18(11-23)21(25)28-13-24/h2-5,7,9,17H,6,8,10,12-13H2,1H3/t17-/m0/s1. The van der Waals surface area contributed by atoms with E-state index in [2.05, 4.69) is 29.3 Å². The number of carbonyl (C=O) groups is 1. The van der Waals surface area contributed by atoms with Crippen molar-refractivity contribution in [1.82, 2.24) is 9.80 Å². The van der Waals surface area contributed by atoms with Gasteiger partial charge in [-0.2, -0.15) is 5.26 Å². The molecule has 1 amide bonds. The van der Waals surface area contributed by atoms with Gasteiger partial charge in [-0.1, -0.05) is 35.5 Å². The van der Waals surface area contributed by atoms with Gasteiger partial charge in [0.15, 0.2) is 0 Å². The summed E-state index contributed by atoms with van der Waals surface area (Å²) in [5, 5.41) is 13.4. The molecule has 7 heteroatoms. The van der Waals surface area contributed by atoms with Crippen LogP contribution in [0.1, 0.15) is 28.3 Å². The second-order valence-electron chi connectivity index (χ2n) is 7.05. The van der Waals surface area contributed by atoms with Crippen molar-refractivity contribution in [3.05, 3.63) is 67.3 Å². The van der Waals surface area contributed by atoms with Crippen molar-refractivity contribution in [1.29, 1.82) is 5.26 Å². The number of carbonyl (C=O) groups excluding carboxylic acids is 1. The maximum Gasteiger partial charge on any atom is 0.229 e. The number of hydrogen-bond acceptors (Lipinski definition) is 5. The number of nitrogens with zero attached hydrogens (tertiary/aromatic N) is 3. The molecule has 0 saturated carbocycles. The van der Waals surface area contributed by atoms with Crippen LogP contribution in [0.25, 0.3) is 0 Å². The summed E-state index contributed by atoms with van der Waals surface area (Å²) in [5.74, 6) is 0.689. The van der Waals surface area contributed by atoms with Crippen LogP contribution >= 0.6 is 34.7 Å². The lowest BCUT2D eigenvalue weighted by atomic mass is 9.86. The highest BCUT2D eigenvalue weighted by molar-refractivity contribution is 8.03. The molecule has 2 aliphatic rings. The lowest BCUT2D eigenvalue weighted by Crippen LogP contribution is -2.47. The van der Waals surface area contributed by atoms with Crippen molar-refractivity contribution in [2.45, 2.75) is 25.7 Å². The number of thioether (sulfide) groups is 1. The summed E-state index contributed by atoms with van der Waals surface area (Å²) >= 11 is 9.38. The summed E-state index contributed by atoms with van der Waals surface area (Å²) in [7, 11) is 0. The Morgan fingerprint density at radius 2 is 2.07 bits per heavy atom. The molecule has 1 atom stereocenters. The predicted molar refractivity (Wildman–Crippen MR) is 115 cm³/mol. The number of thiophene rings is 1. The maximum atomic E-state index is 12.9. The number of benzene rings is 1. The first-order valence-corrected chi connectivity index (χ1v) is 11.4. The Morgan fingerprint density at radius 1 is 1.29 bits per heavy atom. The van der Waals surface area contributed by atoms with Gasteiger partial charge >= 0.3 is 0 Å². The Bertz CT molecular complexity index is 961. The largest absolute Gasteiger partial charge is 0.292 e. The van der Waals surface area contributed by atoms with Gasteiger partial charge in [-0.3, -0.25) is 14.6 Å². The summed E-state index contributed by atoms with van der Waals surface area (Å²) < 4.78 is 0. The van der Waals surface area contributed by atoms with Crippen LogP contribution in [0.15, 0.2) is 46.3 Å². The molecule has 2 aromatic rings. The van der Waals surface area contributed by atoms with E-state index in [4.69, 9.17) is 11.6 Å². The highest BCUT2D eigenvalue weighted by Crippen LogP contribution is 2.42. The fourth-order valence-corrected chi connectivity index (χ4v) is 5.85. The SMILES string of the molecule is Cc1ccsc1CCN1CSC2=C(C#N)[C@H](c3ccc(Cl)cc3)CC(=O)N2C1. The monoisotopic (exact) mass is 429 g/mol. The molecule has 1 saturated heterocycles. The van der Waals surface area contributed by atoms with Crippen LogP contribution in [0.2, 0.25) is 5.02 Å². The smallest absolute Gasteiger partial charge is 0.229 e. The van der Waals surface area contributed by atoms with Gasteiger partial charge in [0.25, 0.3) is 0 Å². The number of hydrogen-bond donors (Lipinski definition) is 0. The third-order valence-electron chi connectivity index (χ3n) is 5.25. The topological polar surface area (TPSA) is 47.3 Å². The molecule has 0 radical (unpaired) electrons. The molecule has 1 aromatic heterocycles. The minimum atomic E-state index is -0.186. The van der Waals surface area contributed by atoms with E-state index < -0.39 is 0 Å². The minimum absolute atomic E-state index is 0.0819. The molecule has 144 valence electrons. The van der Waals surface area contributed by atoms with Gasteiger partial charge in [0.05, 0.1) is 29.2 Å². The molecule has 2 aliphatic heterocycles. The average molecular weight is 430 g/mol. The third kappa shape index (κ3) is 3.85. The van der Waals surface area contributed by atoms with Gasteiger partial charge in [-0.05, 0) is 48.1 Å². The highest BCUT2D eigenvalue weighted by Gasteiger charge is 2.38. The number of allylic oxidation sites excluding steroid dienone is 1. The number of amides is 1. The van der Waals surface area contributed by atoms with Gasteiger partial charge < -0.3 is 0 Å². The van der Waals surface area contributed by atoms with Crippen molar-refractivity contribution < 1.29 is 4.79 Å². The zero-order chi connectivity index (χ0) is 19.7. The van der Waals surface area contributed by atoms with Crippen LogP contribution in [0.5, 0.6) is 0 Å². The number of aryl methyl sites for hydroxylation is 1. The fourth-order valence-electron chi connectivity index (χ4n) is 3.65. The average Bonchev–Trinajstić information content (AvgIpc) is 3.12. The third-order valence-corrected chi connectivity index (χ3v) is 7.79. The molecule has 0 bridgehead atoms. The molecular weight excluding hydrogens is 410 g/mol. The van der Waals surface area contributed by atoms with E-state index >= 15 is 0 Å². The minimum Gasteiger partial charge on any atom is -0.292 e. The normalized spacial score (nSPS) is 20.2. The molecule has 4 nitrogen and oxygen atoms in total. The molecule has 0 unspecified atom stereocenters. The van der Waals surface area contributed by atoms with Crippen molar-refractivity contribution in [2.24, 2.45) is 0 Å². The van der Waals surface area contributed by atoms with Crippen LogP contribution < -0.4 is 0 Å². The first-order valence-electron chi connectivity index (χ1n) is 9.15. The molecular formula is C21H20ClN3OS2. The van der Waals surface area contributed by atoms with Crippen molar-refractivity contribution in [3.8, 4) is 6.07 Å². The number of halogens is 1. The summed E-state index contributed by atoms with van der Waals surface area (Å²) in [4.78, 5) is 18.4. The molecule has 1 aromatic carbocycles. The second-order valence-corrected chi connectivity index (χ2v) is 9.42. The molecule has 0 N–H and O–H groups in total. The first kappa shape index (κ1) is 19.5. The molecule has 28 heavy (non-hydrogen) atoms. The van der Waals surface area contributed by atoms with Gasteiger partial charge in [0.1, 0.15) is 0 Å². The van der Waals surface area contributed by atoms with E-state index in [9.17, 15) is 10.1 Å². The quantitative estimate of drug-likeness (QED) is 0.688. The zero-order valence-corrected chi connectivity index (χ0v) is 17.9. The van der Waals surface area contributed by atoms with Gasteiger partial charge in [0, 0.05) is 28.8 Å². The maximum absolute atomic E-state index is 12.9. The van der Waals surface area contributed by atoms with E-state index in [1.807, 2.05) is 24.3 Å². The van der Waals surface area contributed by atoms with Gasteiger partial charge in [-0.25, -0.2) is 0 Å². The molecule has 0 aliphatic carbocycles. The van der Waals surface area contributed by atoms with E-state index in [-0.39, 0.29) is 11.8 Å². The van der Waals surface area contributed by atoms with Crippen molar-refractivity contribution >= 4 is 40.6 Å². The summed E-state index contributed by atoms with van der Waals surface area (Å²) in [6.45, 7) is 3.61. The number of fused-ring (bicyclic) bond motifs is 1. The second kappa shape index (κ2) is 8.30. The lowest BCUT2D eigenvalue weighted by Gasteiger charge is -2.41. The fraction of sp³-hybridized carbons (Fsp3) is 0.333. The Morgan fingerprint density at radius 3 is 2.75 bits per heavy atom. The number of nitriles is 1. The van der Waals surface area contributed by atoms with Crippen LogP contribution in [-0.4, -0.2) is 34.8 Å². The van der Waals surface area contributed by atoms with Crippen molar-refractivity contribution in [2.75, 3.05) is 19.1 Å². The van der Waals surface area contributed by atoms with Gasteiger partial charge in [0.2, 0.25) is 5.91 Å². The Balaban J connectivity index is 1.52. The molecule has 1 fully saturated rings. The van der Waals surface area contributed by atoms with Crippen LogP contribution in [0.4, 0.5) is 0 Å². The van der Waals surface area contributed by atoms with Gasteiger partial charge in [-0.15, -0.1) is 11.3 Å².